The summed E-state index contributed by atoms with van der Waals surface area (Å²) in [5.41, 5.74) is 1.79. The SMILES string of the molecule is CCO[C@H]1OC(C(=O)NC2CC2)=C[C@@H](c2cn(C(C)=O)c3ccccc23)[C@@H]1CCCO. The molecule has 2 N–H and O–H groups in total. The molecule has 3 atom stereocenters. The maximum atomic E-state index is 12.8. The van der Waals surface area contributed by atoms with E-state index in [0.29, 0.717) is 19.4 Å². The third kappa shape index (κ3) is 4.52. The molecule has 1 aliphatic heterocycles. The molecule has 0 spiro atoms. The van der Waals surface area contributed by atoms with Gasteiger partial charge < -0.3 is 19.9 Å². The monoisotopic (exact) mass is 426 g/mol. The number of benzene rings is 1. The molecule has 1 fully saturated rings. The van der Waals surface area contributed by atoms with Gasteiger partial charge in [0.25, 0.3) is 5.91 Å². The van der Waals surface area contributed by atoms with Crippen molar-refractivity contribution in [1.82, 2.24) is 9.88 Å². The molecule has 0 bridgehead atoms. The lowest BCUT2D eigenvalue weighted by atomic mass is 9.80. The van der Waals surface area contributed by atoms with Crippen LogP contribution in [0.1, 0.15) is 55.8 Å². The van der Waals surface area contributed by atoms with Crippen molar-refractivity contribution in [1.29, 1.82) is 0 Å². The van der Waals surface area contributed by atoms with Crippen molar-refractivity contribution in [3.05, 3.63) is 47.9 Å². The number of nitrogens with one attached hydrogen (secondary N) is 1. The van der Waals surface area contributed by atoms with E-state index >= 15 is 0 Å². The number of aliphatic hydroxyl groups is 1. The summed E-state index contributed by atoms with van der Waals surface area (Å²) in [6, 6.07) is 7.99. The van der Waals surface area contributed by atoms with Gasteiger partial charge in [-0.25, -0.2) is 0 Å². The molecule has 1 saturated carbocycles. The lowest BCUT2D eigenvalue weighted by Crippen LogP contribution is -2.39. The van der Waals surface area contributed by atoms with Crippen LogP contribution in [-0.2, 0) is 14.3 Å². The quantitative estimate of drug-likeness (QED) is 0.676. The first-order chi connectivity index (χ1) is 15.0. The lowest BCUT2D eigenvalue weighted by molar-refractivity contribution is -0.166. The van der Waals surface area contributed by atoms with E-state index in [1.165, 1.54) is 6.92 Å². The van der Waals surface area contributed by atoms with Crippen LogP contribution in [-0.4, -0.2) is 47.0 Å². The predicted octanol–water partition coefficient (Wildman–Crippen LogP) is 3.33. The first kappa shape index (κ1) is 21.6. The minimum absolute atomic E-state index is 0.0655. The van der Waals surface area contributed by atoms with Crippen molar-refractivity contribution in [2.45, 2.75) is 57.8 Å². The minimum Gasteiger partial charge on any atom is -0.459 e. The molecule has 7 heteroatoms. The second-order valence-corrected chi connectivity index (χ2v) is 8.27. The second kappa shape index (κ2) is 9.24. The number of ether oxygens (including phenoxy) is 2. The molecule has 2 heterocycles. The number of nitrogens with zero attached hydrogens (tertiary/aromatic N) is 1. The zero-order valence-corrected chi connectivity index (χ0v) is 18.0. The average Bonchev–Trinajstić information content (AvgIpc) is 3.49. The average molecular weight is 427 g/mol. The number of carbonyl (C=O) groups excluding carboxylic acids is 2. The van der Waals surface area contributed by atoms with Crippen molar-refractivity contribution in [3.63, 3.8) is 0 Å². The summed E-state index contributed by atoms with van der Waals surface area (Å²) >= 11 is 0. The highest BCUT2D eigenvalue weighted by Crippen LogP contribution is 2.42. The minimum atomic E-state index is -0.606. The number of para-hydroxylation sites is 1. The maximum absolute atomic E-state index is 12.8. The van der Waals surface area contributed by atoms with Crippen molar-refractivity contribution < 1.29 is 24.2 Å². The Morgan fingerprint density at radius 3 is 2.74 bits per heavy atom. The topological polar surface area (TPSA) is 89.8 Å². The Bertz CT molecular complexity index is 991. The fourth-order valence-electron chi connectivity index (χ4n) is 4.34. The Morgan fingerprint density at radius 2 is 2.06 bits per heavy atom. The number of aliphatic hydroxyl groups excluding tert-OH is 1. The Morgan fingerprint density at radius 1 is 1.29 bits per heavy atom. The van der Waals surface area contributed by atoms with Crippen molar-refractivity contribution in [2.75, 3.05) is 13.2 Å². The van der Waals surface area contributed by atoms with Gasteiger partial charge in [-0.1, -0.05) is 18.2 Å². The molecule has 1 amide bonds. The van der Waals surface area contributed by atoms with Gasteiger partial charge in [0.2, 0.25) is 12.2 Å². The van der Waals surface area contributed by atoms with E-state index in [2.05, 4.69) is 5.32 Å². The number of carbonyl (C=O) groups is 2. The molecule has 1 aromatic heterocycles. The van der Waals surface area contributed by atoms with E-state index in [-0.39, 0.29) is 42.1 Å². The molecule has 0 radical (unpaired) electrons. The lowest BCUT2D eigenvalue weighted by Gasteiger charge is -2.36. The van der Waals surface area contributed by atoms with Crippen molar-refractivity contribution in [2.24, 2.45) is 5.92 Å². The number of rotatable bonds is 8. The standard InChI is InChI=1S/C24H30N2O5/c1-3-30-24-18(8-6-12-27)19(13-22(31-24)23(29)25-16-10-11-16)20-14-26(15(2)28)21-9-5-4-7-17(20)21/h4-5,7,9,13-14,16,18-19,24,27H,3,6,8,10-12H2,1-2H3,(H,25,29)/t18-,19+,24-/m0/s1. The molecule has 1 aromatic carbocycles. The molecule has 2 aromatic rings. The summed E-state index contributed by atoms with van der Waals surface area (Å²) in [7, 11) is 0. The summed E-state index contributed by atoms with van der Waals surface area (Å²) in [5.74, 6) is -0.333. The number of hydrogen-bond donors (Lipinski definition) is 2. The van der Waals surface area contributed by atoms with Gasteiger partial charge in [0.15, 0.2) is 5.76 Å². The van der Waals surface area contributed by atoms with Crippen LogP contribution in [0.5, 0.6) is 0 Å². The smallest absolute Gasteiger partial charge is 0.286 e. The third-order valence-corrected chi connectivity index (χ3v) is 5.99. The van der Waals surface area contributed by atoms with E-state index in [9.17, 15) is 14.7 Å². The number of hydrogen-bond acceptors (Lipinski definition) is 5. The van der Waals surface area contributed by atoms with Gasteiger partial charge in [0, 0.05) is 49.6 Å². The van der Waals surface area contributed by atoms with Crippen LogP contribution < -0.4 is 5.32 Å². The Hall–Kier alpha value is -2.64. The van der Waals surface area contributed by atoms with Crippen LogP contribution in [0.25, 0.3) is 10.9 Å². The molecular formula is C24H30N2O5. The fraction of sp³-hybridized carbons (Fsp3) is 0.500. The van der Waals surface area contributed by atoms with E-state index in [1.807, 2.05) is 43.5 Å². The van der Waals surface area contributed by atoms with Gasteiger partial charge in [0.1, 0.15) is 0 Å². The van der Waals surface area contributed by atoms with Crippen molar-refractivity contribution >= 4 is 22.7 Å². The Labute approximate surface area is 182 Å². The number of aromatic nitrogens is 1. The normalized spacial score (nSPS) is 23.3. The summed E-state index contributed by atoms with van der Waals surface area (Å²) in [6.07, 6.45) is 6.36. The zero-order chi connectivity index (χ0) is 22.0. The summed E-state index contributed by atoms with van der Waals surface area (Å²) < 4.78 is 13.6. The van der Waals surface area contributed by atoms with Gasteiger partial charge in [-0.3, -0.25) is 14.2 Å². The highest BCUT2D eigenvalue weighted by atomic mass is 16.7. The predicted molar refractivity (Wildman–Crippen MR) is 117 cm³/mol. The van der Waals surface area contributed by atoms with Gasteiger partial charge >= 0.3 is 0 Å². The van der Waals surface area contributed by atoms with Gasteiger partial charge in [-0.2, -0.15) is 0 Å². The van der Waals surface area contributed by atoms with Crippen molar-refractivity contribution in [3.8, 4) is 0 Å². The van der Waals surface area contributed by atoms with E-state index in [1.54, 1.807) is 4.57 Å². The second-order valence-electron chi connectivity index (χ2n) is 8.27. The van der Waals surface area contributed by atoms with E-state index < -0.39 is 6.29 Å². The molecule has 0 unspecified atom stereocenters. The Kier molecular flexibility index (Phi) is 6.43. The zero-order valence-electron chi connectivity index (χ0n) is 18.0. The van der Waals surface area contributed by atoms with Gasteiger partial charge in [-0.15, -0.1) is 0 Å². The first-order valence-corrected chi connectivity index (χ1v) is 11.1. The number of amides is 1. The van der Waals surface area contributed by atoms with Gasteiger partial charge in [-0.05, 0) is 50.3 Å². The summed E-state index contributed by atoms with van der Waals surface area (Å²) in [4.78, 5) is 25.1. The summed E-state index contributed by atoms with van der Waals surface area (Å²) in [6.45, 7) is 3.94. The van der Waals surface area contributed by atoms with Crippen LogP contribution >= 0.6 is 0 Å². The summed E-state index contributed by atoms with van der Waals surface area (Å²) in [5, 5.41) is 13.4. The molecule has 0 saturated heterocycles. The number of fused-ring (bicyclic) bond motifs is 1. The number of allylic oxidation sites excluding steroid dienone is 1. The van der Waals surface area contributed by atoms with Crippen LogP contribution in [0.3, 0.4) is 0 Å². The molecule has 4 rings (SSSR count). The fourth-order valence-corrected chi connectivity index (χ4v) is 4.34. The molecule has 7 nitrogen and oxygen atoms in total. The molecule has 31 heavy (non-hydrogen) atoms. The third-order valence-electron chi connectivity index (χ3n) is 5.99. The van der Waals surface area contributed by atoms with E-state index in [0.717, 1.165) is 29.3 Å². The molecular weight excluding hydrogens is 396 g/mol. The largest absolute Gasteiger partial charge is 0.459 e. The van der Waals surface area contributed by atoms with Crippen LogP contribution in [0.2, 0.25) is 0 Å². The maximum Gasteiger partial charge on any atom is 0.286 e. The molecule has 166 valence electrons. The molecule has 2 aliphatic rings. The first-order valence-electron chi connectivity index (χ1n) is 11.1. The van der Waals surface area contributed by atoms with Crippen LogP contribution in [0.15, 0.2) is 42.3 Å². The highest BCUT2D eigenvalue weighted by Gasteiger charge is 2.39. The van der Waals surface area contributed by atoms with E-state index in [4.69, 9.17) is 9.47 Å². The van der Waals surface area contributed by atoms with Crippen LogP contribution in [0, 0.1) is 5.92 Å². The highest BCUT2D eigenvalue weighted by molar-refractivity contribution is 5.95. The van der Waals surface area contributed by atoms with Crippen LogP contribution in [0.4, 0.5) is 0 Å². The Balaban J connectivity index is 1.80. The molecule has 1 aliphatic carbocycles. The van der Waals surface area contributed by atoms with Gasteiger partial charge in [0.05, 0.1) is 5.52 Å².